The van der Waals surface area contributed by atoms with Gasteiger partial charge in [-0.15, -0.1) is 0 Å². The van der Waals surface area contributed by atoms with Crippen LogP contribution in [0.15, 0.2) is 35.3 Å². The number of hydrogen-bond donors (Lipinski definition) is 1. The van der Waals surface area contributed by atoms with E-state index in [0.717, 1.165) is 0 Å². The average molecular weight is 338 g/mol. The van der Waals surface area contributed by atoms with Crippen molar-refractivity contribution in [2.75, 3.05) is 11.9 Å². The maximum atomic E-state index is 13.2. The van der Waals surface area contributed by atoms with E-state index in [-0.39, 0.29) is 24.2 Å². The smallest absolute Gasteiger partial charge is 0.278 e. The molecule has 2 heterocycles. The number of fused-ring (bicyclic) bond motifs is 1. The maximum Gasteiger partial charge on any atom is 0.278 e. The number of nitriles is 1. The number of nitrogens with one attached hydrogen (secondary N) is 1. The molecule has 1 aromatic carbocycles. The van der Waals surface area contributed by atoms with E-state index in [9.17, 15) is 9.18 Å². The van der Waals surface area contributed by atoms with Gasteiger partial charge in [-0.2, -0.15) is 10.2 Å². The molecular formula is C17H15FN6O. The topological polar surface area (TPSA) is 96.5 Å². The molecule has 3 rings (SSSR count). The molecule has 0 amide bonds. The first-order chi connectivity index (χ1) is 12.1. The summed E-state index contributed by atoms with van der Waals surface area (Å²) < 4.78 is 14.6. The zero-order chi connectivity index (χ0) is 17.8. The largest absolute Gasteiger partial charge is 0.354 e. The van der Waals surface area contributed by atoms with Crippen LogP contribution in [-0.4, -0.2) is 26.1 Å². The molecule has 0 aliphatic rings. The van der Waals surface area contributed by atoms with Gasteiger partial charge in [0, 0.05) is 18.7 Å². The molecule has 0 radical (unpaired) electrons. The summed E-state index contributed by atoms with van der Waals surface area (Å²) in [7, 11) is 0. The molecule has 7 nitrogen and oxygen atoms in total. The van der Waals surface area contributed by atoms with Crippen molar-refractivity contribution in [3.8, 4) is 17.3 Å². The predicted octanol–water partition coefficient (Wildman–Crippen LogP) is 2.34. The van der Waals surface area contributed by atoms with Gasteiger partial charge in [0.1, 0.15) is 17.0 Å². The Hall–Kier alpha value is -3.34. The second-order valence-corrected chi connectivity index (χ2v) is 5.26. The first kappa shape index (κ1) is 16.5. The first-order valence-electron chi connectivity index (χ1n) is 7.78. The minimum atomic E-state index is -0.395. The van der Waals surface area contributed by atoms with E-state index in [1.807, 2.05) is 13.0 Å². The lowest BCUT2D eigenvalue weighted by Gasteiger charge is -2.11. The van der Waals surface area contributed by atoms with Crippen LogP contribution < -0.4 is 10.9 Å². The average Bonchev–Trinajstić information content (AvgIpc) is 2.62. The van der Waals surface area contributed by atoms with Crippen molar-refractivity contribution in [2.45, 2.75) is 19.9 Å². The SMILES string of the molecule is CCNc1ncc2nc(-c3ccc(F)cc3)c(=O)n(CCC#N)c2n1. The monoisotopic (exact) mass is 338 g/mol. The Balaban J connectivity index is 2.24. The molecule has 8 heteroatoms. The highest BCUT2D eigenvalue weighted by Gasteiger charge is 2.15. The van der Waals surface area contributed by atoms with E-state index in [0.29, 0.717) is 29.2 Å². The van der Waals surface area contributed by atoms with Gasteiger partial charge >= 0.3 is 0 Å². The second-order valence-electron chi connectivity index (χ2n) is 5.26. The zero-order valence-electron chi connectivity index (χ0n) is 13.5. The Kier molecular flexibility index (Phi) is 4.66. The fourth-order valence-corrected chi connectivity index (χ4v) is 2.44. The van der Waals surface area contributed by atoms with Crippen LogP contribution in [0.25, 0.3) is 22.4 Å². The lowest BCUT2D eigenvalue weighted by molar-refractivity contribution is 0.628. The molecule has 0 spiro atoms. The van der Waals surface area contributed by atoms with Crippen LogP contribution >= 0.6 is 0 Å². The van der Waals surface area contributed by atoms with Crippen molar-refractivity contribution in [3.05, 3.63) is 46.6 Å². The van der Waals surface area contributed by atoms with Crippen LogP contribution in [0.2, 0.25) is 0 Å². The number of benzene rings is 1. The van der Waals surface area contributed by atoms with Crippen LogP contribution in [0, 0.1) is 17.1 Å². The fraction of sp³-hybridized carbons (Fsp3) is 0.235. The lowest BCUT2D eigenvalue weighted by atomic mass is 10.1. The summed E-state index contributed by atoms with van der Waals surface area (Å²) in [5.41, 5.74) is 1.08. The number of nitrogens with zero attached hydrogens (tertiary/aromatic N) is 5. The third-order valence-corrected chi connectivity index (χ3v) is 3.59. The second kappa shape index (κ2) is 7.05. The molecule has 3 aromatic rings. The van der Waals surface area contributed by atoms with E-state index in [2.05, 4.69) is 20.3 Å². The van der Waals surface area contributed by atoms with Crippen LogP contribution in [0.3, 0.4) is 0 Å². The third-order valence-electron chi connectivity index (χ3n) is 3.59. The molecule has 126 valence electrons. The molecule has 1 N–H and O–H groups in total. The highest BCUT2D eigenvalue weighted by Crippen LogP contribution is 2.18. The lowest BCUT2D eigenvalue weighted by Crippen LogP contribution is -2.25. The van der Waals surface area contributed by atoms with Gasteiger partial charge in [-0.05, 0) is 31.2 Å². The van der Waals surface area contributed by atoms with Crippen molar-refractivity contribution in [3.63, 3.8) is 0 Å². The normalized spacial score (nSPS) is 10.6. The summed E-state index contributed by atoms with van der Waals surface area (Å²) in [6.07, 6.45) is 1.68. The Labute approximate surface area is 142 Å². The first-order valence-corrected chi connectivity index (χ1v) is 7.78. The molecule has 0 atom stereocenters. The molecular weight excluding hydrogens is 323 g/mol. The van der Waals surface area contributed by atoms with Crippen molar-refractivity contribution < 1.29 is 4.39 Å². The molecule has 0 saturated heterocycles. The van der Waals surface area contributed by atoms with Gasteiger partial charge < -0.3 is 5.32 Å². The van der Waals surface area contributed by atoms with Gasteiger partial charge in [-0.25, -0.2) is 14.4 Å². The molecule has 0 fully saturated rings. The van der Waals surface area contributed by atoms with Crippen LogP contribution in [0.4, 0.5) is 10.3 Å². The maximum absolute atomic E-state index is 13.2. The van der Waals surface area contributed by atoms with Crippen LogP contribution in [-0.2, 0) is 6.54 Å². The van der Waals surface area contributed by atoms with Gasteiger partial charge in [0.25, 0.3) is 5.56 Å². The summed E-state index contributed by atoms with van der Waals surface area (Å²) in [5.74, 6) is -0.00981. The number of rotatable bonds is 5. The van der Waals surface area contributed by atoms with Gasteiger partial charge in [0.05, 0.1) is 18.7 Å². The zero-order valence-corrected chi connectivity index (χ0v) is 13.5. The highest BCUT2D eigenvalue weighted by atomic mass is 19.1. The van der Waals surface area contributed by atoms with Gasteiger partial charge in [-0.3, -0.25) is 9.36 Å². The van der Waals surface area contributed by atoms with Gasteiger partial charge in [0.15, 0.2) is 5.65 Å². The van der Waals surface area contributed by atoms with Crippen molar-refractivity contribution in [1.82, 2.24) is 19.5 Å². The van der Waals surface area contributed by atoms with E-state index in [4.69, 9.17) is 5.26 Å². The quantitative estimate of drug-likeness (QED) is 0.767. The Morgan fingerprint density at radius 1 is 1.28 bits per heavy atom. The molecule has 25 heavy (non-hydrogen) atoms. The standard InChI is InChI=1S/C17H15FN6O/c1-2-20-17-21-10-13-15(23-17)24(9-3-8-19)16(25)14(22-13)11-4-6-12(18)7-5-11/h4-7,10H,2-3,9H2,1H3,(H,20,21,23). The summed E-state index contributed by atoms with van der Waals surface area (Å²) in [4.78, 5) is 25.7. The number of halogens is 1. The van der Waals surface area contributed by atoms with Crippen LogP contribution in [0.5, 0.6) is 0 Å². The van der Waals surface area contributed by atoms with E-state index in [1.54, 1.807) is 0 Å². The summed E-state index contributed by atoms with van der Waals surface area (Å²) in [6, 6.07) is 7.55. The molecule has 0 bridgehead atoms. The van der Waals surface area contributed by atoms with Crippen molar-refractivity contribution >= 4 is 17.1 Å². The molecule has 0 saturated carbocycles. The number of anilines is 1. The molecule has 0 aliphatic heterocycles. The summed E-state index contributed by atoms with van der Waals surface area (Å²) in [6.45, 7) is 2.73. The molecule has 0 unspecified atom stereocenters. The number of aromatic nitrogens is 4. The van der Waals surface area contributed by atoms with E-state index < -0.39 is 5.82 Å². The van der Waals surface area contributed by atoms with Gasteiger partial charge in [0.2, 0.25) is 5.95 Å². The van der Waals surface area contributed by atoms with Crippen molar-refractivity contribution in [2.24, 2.45) is 0 Å². The molecule has 0 aliphatic carbocycles. The Morgan fingerprint density at radius 3 is 2.72 bits per heavy atom. The Bertz CT molecular complexity index is 1010. The van der Waals surface area contributed by atoms with E-state index in [1.165, 1.54) is 35.0 Å². The summed E-state index contributed by atoms with van der Waals surface area (Å²) >= 11 is 0. The van der Waals surface area contributed by atoms with Crippen molar-refractivity contribution in [1.29, 1.82) is 5.26 Å². The van der Waals surface area contributed by atoms with E-state index >= 15 is 0 Å². The summed E-state index contributed by atoms with van der Waals surface area (Å²) in [5, 5.41) is 11.9. The predicted molar refractivity (Wildman–Crippen MR) is 91.4 cm³/mol. The highest BCUT2D eigenvalue weighted by molar-refractivity contribution is 5.74. The number of hydrogen-bond acceptors (Lipinski definition) is 6. The minimum absolute atomic E-state index is 0.155. The Morgan fingerprint density at radius 2 is 2.04 bits per heavy atom. The van der Waals surface area contributed by atoms with Gasteiger partial charge in [-0.1, -0.05) is 0 Å². The minimum Gasteiger partial charge on any atom is -0.354 e. The molecule has 2 aromatic heterocycles. The van der Waals surface area contributed by atoms with Crippen LogP contribution in [0.1, 0.15) is 13.3 Å². The number of aryl methyl sites for hydroxylation is 1. The third kappa shape index (κ3) is 3.30. The fourth-order valence-electron chi connectivity index (χ4n) is 2.44.